The summed E-state index contributed by atoms with van der Waals surface area (Å²) in [7, 11) is 0. The molecule has 0 saturated carbocycles. The first kappa shape index (κ1) is 11.4. The quantitative estimate of drug-likeness (QED) is 0.361. The zero-order chi connectivity index (χ0) is 9.56. The normalized spacial score (nSPS) is 13.1. The Hall–Kier alpha value is -0.610. The summed E-state index contributed by atoms with van der Waals surface area (Å²) >= 11 is 0. The summed E-state index contributed by atoms with van der Waals surface area (Å²) in [5, 5.41) is 0. The molecule has 0 radical (unpaired) electrons. The van der Waals surface area contributed by atoms with Gasteiger partial charge in [0.25, 0.3) is 5.91 Å². The summed E-state index contributed by atoms with van der Waals surface area (Å²) in [4.78, 5) is 11.1. The highest BCUT2D eigenvalue weighted by Gasteiger charge is 2.21. The van der Waals surface area contributed by atoms with Gasteiger partial charge in [0, 0.05) is 6.61 Å². The first-order valence-electron chi connectivity index (χ1n) is 4.25. The van der Waals surface area contributed by atoms with Crippen LogP contribution in [-0.4, -0.2) is 18.6 Å². The first-order chi connectivity index (χ1) is 5.63. The third kappa shape index (κ3) is 3.69. The molecule has 0 aliphatic heterocycles. The lowest BCUT2D eigenvalue weighted by atomic mass is 10.1. The van der Waals surface area contributed by atoms with Crippen molar-refractivity contribution in [3.05, 3.63) is 0 Å². The van der Waals surface area contributed by atoms with Crippen LogP contribution in [0.3, 0.4) is 0 Å². The Morgan fingerprint density at radius 3 is 2.50 bits per heavy atom. The lowest BCUT2D eigenvalue weighted by Gasteiger charge is -2.18. The van der Waals surface area contributed by atoms with Crippen molar-refractivity contribution in [3.63, 3.8) is 0 Å². The Kier molecular flexibility index (Phi) is 5.66. The van der Waals surface area contributed by atoms with Crippen LogP contribution in [0.25, 0.3) is 0 Å². The van der Waals surface area contributed by atoms with Crippen molar-refractivity contribution >= 4 is 5.91 Å². The van der Waals surface area contributed by atoms with Crippen LogP contribution in [0.5, 0.6) is 0 Å². The molecule has 3 N–H and O–H groups in total. The lowest BCUT2D eigenvalue weighted by molar-refractivity contribution is -0.135. The third-order valence-electron chi connectivity index (χ3n) is 1.51. The van der Waals surface area contributed by atoms with Gasteiger partial charge in [0.15, 0.2) is 0 Å². The number of hydrazine groups is 1. The van der Waals surface area contributed by atoms with Crippen LogP contribution in [-0.2, 0) is 9.53 Å². The molecule has 1 atom stereocenters. The van der Waals surface area contributed by atoms with Crippen molar-refractivity contribution in [2.24, 2.45) is 11.8 Å². The number of amides is 1. The molecule has 0 aliphatic rings. The van der Waals surface area contributed by atoms with Gasteiger partial charge in [0.1, 0.15) is 6.10 Å². The molecule has 0 aromatic carbocycles. The minimum absolute atomic E-state index is 0.153. The van der Waals surface area contributed by atoms with Gasteiger partial charge in [-0.3, -0.25) is 10.2 Å². The number of carbonyl (C=O) groups excluding carboxylic acids is 1. The standard InChI is InChI=1S/C8H18N2O2/c1-4-5-12-7(6(2)3)8(11)10-9/h6-7H,4-5,9H2,1-3H3,(H,10,11). The van der Waals surface area contributed by atoms with Crippen LogP contribution < -0.4 is 11.3 Å². The van der Waals surface area contributed by atoms with E-state index in [0.29, 0.717) is 6.61 Å². The Labute approximate surface area is 73.4 Å². The summed E-state index contributed by atoms with van der Waals surface area (Å²) < 4.78 is 5.31. The maximum Gasteiger partial charge on any atom is 0.263 e. The summed E-state index contributed by atoms with van der Waals surface area (Å²) in [6, 6.07) is 0. The molecule has 0 aromatic rings. The summed E-state index contributed by atoms with van der Waals surface area (Å²) in [5.41, 5.74) is 2.09. The van der Waals surface area contributed by atoms with E-state index in [4.69, 9.17) is 10.6 Å². The average molecular weight is 174 g/mol. The highest BCUT2D eigenvalue weighted by Crippen LogP contribution is 2.06. The van der Waals surface area contributed by atoms with E-state index >= 15 is 0 Å². The van der Waals surface area contributed by atoms with Gasteiger partial charge >= 0.3 is 0 Å². The SMILES string of the molecule is CCCOC(C(=O)NN)C(C)C. The van der Waals surface area contributed by atoms with Gasteiger partial charge in [-0.05, 0) is 12.3 Å². The van der Waals surface area contributed by atoms with Gasteiger partial charge in [0.05, 0.1) is 0 Å². The lowest BCUT2D eigenvalue weighted by Crippen LogP contribution is -2.43. The molecule has 4 nitrogen and oxygen atoms in total. The smallest absolute Gasteiger partial charge is 0.263 e. The molecule has 4 heteroatoms. The van der Waals surface area contributed by atoms with E-state index in [9.17, 15) is 4.79 Å². The van der Waals surface area contributed by atoms with Gasteiger partial charge in [-0.25, -0.2) is 5.84 Å². The molecular formula is C8H18N2O2. The maximum atomic E-state index is 11.1. The number of nitrogens with two attached hydrogens (primary N) is 1. The van der Waals surface area contributed by atoms with Crippen LogP contribution >= 0.6 is 0 Å². The minimum Gasteiger partial charge on any atom is -0.368 e. The van der Waals surface area contributed by atoms with Crippen LogP contribution in [0.15, 0.2) is 0 Å². The highest BCUT2D eigenvalue weighted by atomic mass is 16.5. The van der Waals surface area contributed by atoms with Gasteiger partial charge in [-0.15, -0.1) is 0 Å². The molecule has 0 aromatic heterocycles. The Balaban J connectivity index is 3.95. The van der Waals surface area contributed by atoms with Crippen molar-refractivity contribution < 1.29 is 9.53 Å². The number of ether oxygens (including phenoxy) is 1. The maximum absolute atomic E-state index is 11.1. The second-order valence-corrected chi connectivity index (χ2v) is 3.04. The van der Waals surface area contributed by atoms with Gasteiger partial charge in [-0.1, -0.05) is 20.8 Å². The van der Waals surface area contributed by atoms with E-state index in [1.807, 2.05) is 20.8 Å². The molecule has 0 heterocycles. The Morgan fingerprint density at radius 1 is 1.58 bits per heavy atom. The molecule has 0 rings (SSSR count). The molecule has 0 bridgehead atoms. The zero-order valence-electron chi connectivity index (χ0n) is 7.96. The number of rotatable bonds is 5. The molecule has 1 unspecified atom stereocenters. The summed E-state index contributed by atoms with van der Waals surface area (Å²) in [5.74, 6) is 4.90. The Morgan fingerprint density at radius 2 is 2.17 bits per heavy atom. The highest BCUT2D eigenvalue weighted by molar-refractivity contribution is 5.80. The van der Waals surface area contributed by atoms with Crippen LogP contribution in [0.4, 0.5) is 0 Å². The molecule has 0 spiro atoms. The molecule has 0 aliphatic carbocycles. The number of nitrogens with one attached hydrogen (secondary N) is 1. The van der Waals surface area contributed by atoms with E-state index in [2.05, 4.69) is 5.43 Å². The fourth-order valence-corrected chi connectivity index (χ4v) is 0.898. The van der Waals surface area contributed by atoms with Crippen LogP contribution in [0.1, 0.15) is 27.2 Å². The van der Waals surface area contributed by atoms with Crippen LogP contribution in [0.2, 0.25) is 0 Å². The minimum atomic E-state index is -0.421. The molecule has 0 saturated heterocycles. The van der Waals surface area contributed by atoms with Gasteiger partial charge in [0.2, 0.25) is 0 Å². The van der Waals surface area contributed by atoms with Crippen molar-refractivity contribution in [2.75, 3.05) is 6.61 Å². The van der Waals surface area contributed by atoms with E-state index in [1.54, 1.807) is 0 Å². The van der Waals surface area contributed by atoms with E-state index in [1.165, 1.54) is 0 Å². The fraction of sp³-hybridized carbons (Fsp3) is 0.875. The van der Waals surface area contributed by atoms with E-state index in [0.717, 1.165) is 6.42 Å². The predicted octanol–water partition coefficient (Wildman–Crippen LogP) is 0.427. The largest absolute Gasteiger partial charge is 0.368 e. The fourth-order valence-electron chi connectivity index (χ4n) is 0.898. The molecule has 12 heavy (non-hydrogen) atoms. The van der Waals surface area contributed by atoms with Crippen LogP contribution in [0, 0.1) is 5.92 Å². The van der Waals surface area contributed by atoms with E-state index < -0.39 is 6.10 Å². The van der Waals surface area contributed by atoms with Crippen molar-refractivity contribution in [1.82, 2.24) is 5.43 Å². The van der Waals surface area contributed by atoms with Crippen molar-refractivity contribution in [3.8, 4) is 0 Å². The third-order valence-corrected chi connectivity index (χ3v) is 1.51. The zero-order valence-corrected chi connectivity index (χ0v) is 7.96. The van der Waals surface area contributed by atoms with Gasteiger partial charge in [-0.2, -0.15) is 0 Å². The van der Waals surface area contributed by atoms with Crippen molar-refractivity contribution in [1.29, 1.82) is 0 Å². The number of carbonyl (C=O) groups is 1. The Bertz CT molecular complexity index is 137. The van der Waals surface area contributed by atoms with Gasteiger partial charge < -0.3 is 4.74 Å². The monoisotopic (exact) mass is 174 g/mol. The predicted molar refractivity (Wildman–Crippen MR) is 47.2 cm³/mol. The topological polar surface area (TPSA) is 64.3 Å². The molecule has 72 valence electrons. The number of hydrogen-bond acceptors (Lipinski definition) is 3. The average Bonchev–Trinajstić information content (AvgIpc) is 2.04. The number of hydrogen-bond donors (Lipinski definition) is 2. The summed E-state index contributed by atoms with van der Waals surface area (Å²) in [6.07, 6.45) is 0.482. The molecule has 0 fully saturated rings. The van der Waals surface area contributed by atoms with Crippen molar-refractivity contribution in [2.45, 2.75) is 33.3 Å². The molecule has 1 amide bonds. The molecular weight excluding hydrogens is 156 g/mol. The first-order valence-corrected chi connectivity index (χ1v) is 4.25. The second kappa shape index (κ2) is 5.97. The van der Waals surface area contributed by atoms with E-state index in [-0.39, 0.29) is 11.8 Å². The summed E-state index contributed by atoms with van der Waals surface area (Å²) in [6.45, 7) is 6.44. The second-order valence-electron chi connectivity index (χ2n) is 3.04.